The molecule has 0 spiro atoms. The predicted molar refractivity (Wildman–Crippen MR) is 285 cm³/mol. The van der Waals surface area contributed by atoms with Crippen LogP contribution in [0.5, 0.6) is 0 Å². The maximum Gasteiger partial charge on any atom is 0.164 e. The first-order valence-corrected chi connectivity index (χ1v) is 23.7. The van der Waals surface area contributed by atoms with Gasteiger partial charge in [-0.25, -0.2) is 15.0 Å². The first-order valence-electron chi connectivity index (χ1n) is 22.9. The molecule has 0 unspecified atom stereocenters. The molecule has 0 aliphatic carbocycles. The molecule has 0 N–H and O–H groups in total. The third-order valence-electron chi connectivity index (χ3n) is 13.1. The molecule has 3 aromatic heterocycles. The third kappa shape index (κ3) is 6.96. The molecule has 0 aliphatic rings. The average molecular weight is 885 g/mol. The van der Waals surface area contributed by atoms with Gasteiger partial charge in [-0.15, -0.1) is 11.3 Å². The highest BCUT2D eigenvalue weighted by molar-refractivity contribution is 7.25. The second-order valence-corrected chi connectivity index (χ2v) is 18.2. The topological polar surface area (TPSA) is 43.6 Å². The number of rotatable bonds is 8. The summed E-state index contributed by atoms with van der Waals surface area (Å²) in [5.74, 6) is 1.87. The van der Waals surface area contributed by atoms with Gasteiger partial charge in [-0.05, 0) is 93.5 Å². The fourth-order valence-electron chi connectivity index (χ4n) is 9.78. The summed E-state index contributed by atoms with van der Waals surface area (Å²) in [6, 6.07) is 86.5. The van der Waals surface area contributed by atoms with Gasteiger partial charge in [0.25, 0.3) is 0 Å². The van der Waals surface area contributed by atoms with Crippen LogP contribution in [0.2, 0.25) is 0 Å². The molecule has 318 valence electrons. The summed E-state index contributed by atoms with van der Waals surface area (Å²) in [6.07, 6.45) is 0. The highest BCUT2D eigenvalue weighted by Gasteiger charge is 2.21. The lowest BCUT2D eigenvalue weighted by Gasteiger charge is -2.16. The molecule has 10 aromatic carbocycles. The van der Waals surface area contributed by atoms with E-state index in [1.165, 1.54) is 47.8 Å². The second-order valence-electron chi connectivity index (χ2n) is 17.2. The molecule has 0 amide bonds. The molecular formula is C63H40N4S. The highest BCUT2D eigenvalue weighted by atomic mass is 32.1. The molecule has 13 rings (SSSR count). The van der Waals surface area contributed by atoms with Crippen molar-refractivity contribution in [1.82, 2.24) is 19.5 Å². The monoisotopic (exact) mass is 884 g/mol. The number of fused-ring (bicyclic) bond motifs is 6. The minimum absolute atomic E-state index is 0.611. The van der Waals surface area contributed by atoms with E-state index in [9.17, 15) is 0 Å². The zero-order valence-corrected chi connectivity index (χ0v) is 37.6. The molecule has 0 radical (unpaired) electrons. The van der Waals surface area contributed by atoms with Gasteiger partial charge >= 0.3 is 0 Å². The van der Waals surface area contributed by atoms with E-state index in [-0.39, 0.29) is 0 Å². The fraction of sp³-hybridized carbons (Fsp3) is 0. The summed E-state index contributed by atoms with van der Waals surface area (Å²) in [5, 5.41) is 4.76. The number of hydrogen-bond acceptors (Lipinski definition) is 4. The predicted octanol–water partition coefficient (Wildman–Crippen LogP) is 17.0. The Bertz CT molecular complexity index is 3890. The van der Waals surface area contributed by atoms with Crippen molar-refractivity contribution in [3.8, 4) is 84.4 Å². The van der Waals surface area contributed by atoms with Crippen molar-refractivity contribution < 1.29 is 0 Å². The summed E-state index contributed by atoms with van der Waals surface area (Å²) < 4.78 is 4.87. The Hall–Kier alpha value is -8.77. The SMILES string of the molecule is c1ccc(-c2ccc(-c3nc(-c4ccc(-n5c6ccc(-c7ccccc7)cc6c6cc(-c7ccccc7)ccc65)c(-c5ccccc5)c4)nc(-c4cccc5sc6ccccc6c45)n3)cc2)cc1. The lowest BCUT2D eigenvalue weighted by Crippen LogP contribution is -2.02. The molecule has 0 saturated carbocycles. The standard InChI is InChI=1S/C63H40N4S/c1-5-16-41(17-6-1)44-28-30-46(31-29-44)61-64-62(66-63(65-61)51-25-15-27-59-60(51)50-24-13-14-26-58(50)68-59)49-34-37-55(52(40-49)45-22-11-4-12-23-45)67-56-35-32-47(42-18-7-2-8-19-42)38-53(56)54-39-48(33-36-57(54)67)43-20-9-3-10-21-43/h1-40H. The van der Waals surface area contributed by atoms with Crippen molar-refractivity contribution in [2.45, 2.75) is 0 Å². The zero-order valence-electron chi connectivity index (χ0n) is 36.8. The molecule has 0 aliphatic heterocycles. The van der Waals surface area contributed by atoms with E-state index in [0.717, 1.165) is 61.1 Å². The first kappa shape index (κ1) is 39.6. The van der Waals surface area contributed by atoms with Crippen molar-refractivity contribution >= 4 is 53.3 Å². The van der Waals surface area contributed by atoms with Gasteiger partial charge in [0, 0.05) is 53.2 Å². The van der Waals surface area contributed by atoms with Gasteiger partial charge in [0.05, 0.1) is 16.7 Å². The fourth-order valence-corrected chi connectivity index (χ4v) is 10.9. The zero-order chi connectivity index (χ0) is 45.0. The minimum Gasteiger partial charge on any atom is -0.309 e. The summed E-state index contributed by atoms with van der Waals surface area (Å²) in [5.41, 5.74) is 15.4. The van der Waals surface area contributed by atoms with E-state index in [2.05, 4.69) is 241 Å². The molecule has 0 bridgehead atoms. The van der Waals surface area contributed by atoms with Gasteiger partial charge in [0.15, 0.2) is 17.5 Å². The second kappa shape index (κ2) is 16.6. The molecular weight excluding hydrogens is 845 g/mol. The van der Waals surface area contributed by atoms with E-state index < -0.39 is 0 Å². The first-order chi connectivity index (χ1) is 33.7. The van der Waals surface area contributed by atoms with Gasteiger partial charge in [0.1, 0.15) is 0 Å². The summed E-state index contributed by atoms with van der Waals surface area (Å²) >= 11 is 1.80. The van der Waals surface area contributed by atoms with Crippen LogP contribution in [0.1, 0.15) is 0 Å². The highest BCUT2D eigenvalue weighted by Crippen LogP contribution is 2.43. The van der Waals surface area contributed by atoms with Crippen LogP contribution in [-0.4, -0.2) is 19.5 Å². The van der Waals surface area contributed by atoms with Gasteiger partial charge in [-0.1, -0.05) is 188 Å². The van der Waals surface area contributed by atoms with Crippen LogP contribution in [0.4, 0.5) is 0 Å². The molecule has 0 fully saturated rings. The molecule has 13 aromatic rings. The Labute approximate surface area is 397 Å². The van der Waals surface area contributed by atoms with Gasteiger partial charge in [-0.3, -0.25) is 0 Å². The van der Waals surface area contributed by atoms with E-state index in [1.54, 1.807) is 11.3 Å². The van der Waals surface area contributed by atoms with Crippen LogP contribution >= 0.6 is 11.3 Å². The largest absolute Gasteiger partial charge is 0.309 e. The molecule has 3 heterocycles. The van der Waals surface area contributed by atoms with E-state index in [0.29, 0.717) is 17.5 Å². The third-order valence-corrected chi connectivity index (χ3v) is 14.2. The van der Waals surface area contributed by atoms with Crippen LogP contribution in [-0.2, 0) is 0 Å². The average Bonchev–Trinajstić information content (AvgIpc) is 3.97. The Morgan fingerprint density at radius 2 is 0.735 bits per heavy atom. The summed E-state index contributed by atoms with van der Waals surface area (Å²) in [6.45, 7) is 0. The van der Waals surface area contributed by atoms with Crippen LogP contribution < -0.4 is 0 Å². The Morgan fingerprint density at radius 3 is 1.35 bits per heavy atom. The number of benzene rings is 10. The van der Waals surface area contributed by atoms with Crippen molar-refractivity contribution in [3.05, 3.63) is 243 Å². The van der Waals surface area contributed by atoms with Gasteiger partial charge < -0.3 is 4.57 Å². The maximum atomic E-state index is 5.38. The van der Waals surface area contributed by atoms with Crippen LogP contribution in [0.25, 0.3) is 126 Å². The Kier molecular flexibility index (Phi) is 9.66. The lowest BCUT2D eigenvalue weighted by atomic mass is 9.99. The molecule has 0 atom stereocenters. The van der Waals surface area contributed by atoms with E-state index in [4.69, 9.17) is 15.0 Å². The van der Waals surface area contributed by atoms with Crippen LogP contribution in [0.15, 0.2) is 243 Å². The van der Waals surface area contributed by atoms with Gasteiger partial charge in [0.2, 0.25) is 0 Å². The number of aromatic nitrogens is 4. The number of thiophene rings is 1. The van der Waals surface area contributed by atoms with Crippen molar-refractivity contribution in [3.63, 3.8) is 0 Å². The smallest absolute Gasteiger partial charge is 0.164 e. The Morgan fingerprint density at radius 1 is 0.279 bits per heavy atom. The van der Waals surface area contributed by atoms with E-state index in [1.807, 2.05) is 6.07 Å². The summed E-state index contributed by atoms with van der Waals surface area (Å²) in [7, 11) is 0. The van der Waals surface area contributed by atoms with Crippen molar-refractivity contribution in [2.75, 3.05) is 0 Å². The minimum atomic E-state index is 0.611. The maximum absolute atomic E-state index is 5.38. The summed E-state index contributed by atoms with van der Waals surface area (Å²) in [4.78, 5) is 16.0. The van der Waals surface area contributed by atoms with Crippen molar-refractivity contribution in [2.24, 2.45) is 0 Å². The van der Waals surface area contributed by atoms with E-state index >= 15 is 0 Å². The number of hydrogen-bond donors (Lipinski definition) is 0. The van der Waals surface area contributed by atoms with Crippen molar-refractivity contribution in [1.29, 1.82) is 0 Å². The molecule has 68 heavy (non-hydrogen) atoms. The Balaban J connectivity index is 1.03. The lowest BCUT2D eigenvalue weighted by molar-refractivity contribution is 1.08. The van der Waals surface area contributed by atoms with Gasteiger partial charge in [-0.2, -0.15) is 0 Å². The molecule has 0 saturated heterocycles. The molecule has 4 nitrogen and oxygen atoms in total. The molecule has 5 heteroatoms. The normalized spacial score (nSPS) is 11.5. The number of nitrogens with zero attached hydrogens (tertiary/aromatic N) is 4. The van der Waals surface area contributed by atoms with Crippen LogP contribution in [0.3, 0.4) is 0 Å². The quantitative estimate of drug-likeness (QED) is 0.153. The van der Waals surface area contributed by atoms with Crippen LogP contribution in [0, 0.1) is 0 Å².